The second-order valence-corrected chi connectivity index (χ2v) is 6.98. The number of piperidine rings is 1. The van der Waals surface area contributed by atoms with E-state index >= 15 is 0 Å². The van der Waals surface area contributed by atoms with Crippen LogP contribution in [0.25, 0.3) is 0 Å². The number of carbonyl (C=O) groups excluding carboxylic acids is 1. The summed E-state index contributed by atoms with van der Waals surface area (Å²) in [6.07, 6.45) is 1.74. The van der Waals surface area contributed by atoms with Crippen molar-refractivity contribution in [2.45, 2.75) is 31.4 Å². The fraction of sp³-hybridized carbons (Fsp3) is 0.611. The number of fused-ring (bicyclic) bond motifs is 1. The number of carbonyl (C=O) groups is 1. The number of β-amino-alcohol motifs (C(OH)–C–C–N with tert-alkyl or cyclic N) is 1. The fourth-order valence-corrected chi connectivity index (χ4v) is 3.37. The zero-order chi connectivity index (χ0) is 17.2. The monoisotopic (exact) mass is 334 g/mol. The molecule has 0 aliphatic carbocycles. The summed E-state index contributed by atoms with van der Waals surface area (Å²) in [4.78, 5) is 15.7. The molecule has 3 rings (SSSR count). The van der Waals surface area contributed by atoms with Crippen LogP contribution in [-0.2, 0) is 11.3 Å². The van der Waals surface area contributed by atoms with Crippen LogP contribution in [0.3, 0.4) is 0 Å². The van der Waals surface area contributed by atoms with Gasteiger partial charge in [-0.25, -0.2) is 0 Å². The van der Waals surface area contributed by atoms with E-state index in [1.165, 1.54) is 4.90 Å². The molecular formula is C18H26N2O4. The summed E-state index contributed by atoms with van der Waals surface area (Å²) < 4.78 is 11.2. The van der Waals surface area contributed by atoms with E-state index in [4.69, 9.17) is 9.47 Å². The SMILES string of the molecule is CN(C)C(=O)CC1(O)CCCN(Cc2ccc3c(c2)OCCO3)C1. The lowest BCUT2D eigenvalue weighted by Crippen LogP contribution is -2.50. The third kappa shape index (κ3) is 3.99. The van der Waals surface area contributed by atoms with Crippen molar-refractivity contribution in [3.63, 3.8) is 0 Å². The van der Waals surface area contributed by atoms with Crippen molar-refractivity contribution in [1.82, 2.24) is 9.80 Å². The van der Waals surface area contributed by atoms with E-state index in [-0.39, 0.29) is 12.3 Å². The van der Waals surface area contributed by atoms with Crippen LogP contribution in [0.4, 0.5) is 0 Å². The van der Waals surface area contributed by atoms with Gasteiger partial charge < -0.3 is 19.5 Å². The number of hydrogen-bond donors (Lipinski definition) is 1. The molecular weight excluding hydrogens is 308 g/mol. The van der Waals surface area contributed by atoms with Gasteiger partial charge in [0, 0.05) is 27.2 Å². The summed E-state index contributed by atoms with van der Waals surface area (Å²) in [5, 5.41) is 10.8. The molecule has 2 aliphatic heterocycles. The number of hydrogen-bond acceptors (Lipinski definition) is 5. The van der Waals surface area contributed by atoms with Crippen LogP contribution in [0.1, 0.15) is 24.8 Å². The molecule has 1 atom stereocenters. The van der Waals surface area contributed by atoms with Crippen LogP contribution in [-0.4, -0.2) is 66.8 Å². The zero-order valence-electron chi connectivity index (χ0n) is 14.5. The third-order valence-electron chi connectivity index (χ3n) is 4.63. The molecule has 132 valence electrons. The van der Waals surface area contributed by atoms with Crippen LogP contribution >= 0.6 is 0 Å². The molecule has 2 aliphatic rings. The molecule has 1 aromatic rings. The first-order valence-corrected chi connectivity index (χ1v) is 8.49. The maximum atomic E-state index is 12.0. The van der Waals surface area contributed by atoms with E-state index in [2.05, 4.69) is 4.90 Å². The quantitative estimate of drug-likeness (QED) is 0.898. The van der Waals surface area contributed by atoms with Crippen molar-refractivity contribution >= 4 is 5.91 Å². The number of aliphatic hydroxyl groups is 1. The van der Waals surface area contributed by atoms with Crippen LogP contribution in [0, 0.1) is 0 Å². The minimum Gasteiger partial charge on any atom is -0.486 e. The first kappa shape index (κ1) is 17.0. The molecule has 0 aromatic heterocycles. The number of nitrogens with zero attached hydrogens (tertiary/aromatic N) is 2. The molecule has 6 heteroatoms. The molecule has 0 bridgehead atoms. The van der Waals surface area contributed by atoms with Crippen molar-refractivity contribution in [1.29, 1.82) is 0 Å². The molecule has 6 nitrogen and oxygen atoms in total. The van der Waals surface area contributed by atoms with E-state index in [1.54, 1.807) is 14.1 Å². The van der Waals surface area contributed by atoms with E-state index in [0.717, 1.165) is 36.6 Å². The normalized spacial score (nSPS) is 23.8. The van der Waals surface area contributed by atoms with Crippen LogP contribution in [0.15, 0.2) is 18.2 Å². The average molecular weight is 334 g/mol. The van der Waals surface area contributed by atoms with Gasteiger partial charge >= 0.3 is 0 Å². The number of rotatable bonds is 4. The molecule has 1 saturated heterocycles. The Morgan fingerprint density at radius 1 is 1.29 bits per heavy atom. The van der Waals surface area contributed by atoms with E-state index in [9.17, 15) is 9.90 Å². The highest BCUT2D eigenvalue weighted by atomic mass is 16.6. The van der Waals surface area contributed by atoms with Gasteiger partial charge in [-0.2, -0.15) is 0 Å². The second kappa shape index (κ2) is 6.99. The average Bonchev–Trinajstić information content (AvgIpc) is 2.54. The van der Waals surface area contributed by atoms with Gasteiger partial charge in [0.2, 0.25) is 5.91 Å². The number of benzene rings is 1. The third-order valence-corrected chi connectivity index (χ3v) is 4.63. The second-order valence-electron chi connectivity index (χ2n) is 6.98. The molecule has 1 fully saturated rings. The maximum Gasteiger partial charge on any atom is 0.224 e. The van der Waals surface area contributed by atoms with Gasteiger partial charge in [0.1, 0.15) is 13.2 Å². The predicted octanol–water partition coefficient (Wildman–Crippen LogP) is 1.26. The lowest BCUT2D eigenvalue weighted by molar-refractivity contribution is -0.136. The predicted molar refractivity (Wildman–Crippen MR) is 90.2 cm³/mol. The fourth-order valence-electron chi connectivity index (χ4n) is 3.37. The Labute approximate surface area is 143 Å². The summed E-state index contributed by atoms with van der Waals surface area (Å²) in [6, 6.07) is 5.98. The van der Waals surface area contributed by atoms with Gasteiger partial charge in [0.15, 0.2) is 11.5 Å². The Morgan fingerprint density at radius 3 is 2.79 bits per heavy atom. The van der Waals surface area contributed by atoms with Gasteiger partial charge in [-0.05, 0) is 37.1 Å². The molecule has 1 unspecified atom stereocenters. The Balaban J connectivity index is 1.64. The van der Waals surface area contributed by atoms with Gasteiger partial charge in [0.25, 0.3) is 0 Å². The first-order valence-electron chi connectivity index (χ1n) is 8.49. The van der Waals surface area contributed by atoms with E-state index in [0.29, 0.717) is 26.2 Å². The van der Waals surface area contributed by atoms with Crippen molar-refractivity contribution in [2.24, 2.45) is 0 Å². The van der Waals surface area contributed by atoms with E-state index in [1.807, 2.05) is 18.2 Å². The van der Waals surface area contributed by atoms with Gasteiger partial charge in [-0.15, -0.1) is 0 Å². The molecule has 1 N–H and O–H groups in total. The highest BCUT2D eigenvalue weighted by Crippen LogP contribution is 2.32. The molecule has 0 radical (unpaired) electrons. The standard InChI is InChI=1S/C18H26N2O4/c1-19(2)17(21)11-18(22)6-3-7-20(13-18)12-14-4-5-15-16(10-14)24-9-8-23-15/h4-5,10,22H,3,6-9,11-13H2,1-2H3. The van der Waals surface area contributed by atoms with Gasteiger partial charge in [-0.3, -0.25) is 9.69 Å². The summed E-state index contributed by atoms with van der Waals surface area (Å²) in [7, 11) is 3.45. The summed E-state index contributed by atoms with van der Waals surface area (Å²) in [6.45, 7) is 3.33. The molecule has 1 amide bonds. The maximum absolute atomic E-state index is 12.0. The largest absolute Gasteiger partial charge is 0.486 e. The Morgan fingerprint density at radius 2 is 2.04 bits per heavy atom. The Kier molecular flexibility index (Phi) is 4.96. The van der Waals surface area contributed by atoms with Crippen molar-refractivity contribution in [3.05, 3.63) is 23.8 Å². The highest BCUT2D eigenvalue weighted by Gasteiger charge is 2.35. The zero-order valence-corrected chi connectivity index (χ0v) is 14.5. The highest BCUT2D eigenvalue weighted by molar-refractivity contribution is 5.76. The molecule has 24 heavy (non-hydrogen) atoms. The number of likely N-dealkylation sites (tertiary alicyclic amines) is 1. The van der Waals surface area contributed by atoms with Crippen LogP contribution in [0.5, 0.6) is 11.5 Å². The minimum atomic E-state index is -0.937. The van der Waals surface area contributed by atoms with Crippen LogP contribution in [0.2, 0.25) is 0 Å². The number of ether oxygens (including phenoxy) is 2. The molecule has 0 spiro atoms. The Hall–Kier alpha value is -1.79. The first-order chi connectivity index (χ1) is 11.5. The van der Waals surface area contributed by atoms with Crippen molar-refractivity contribution < 1.29 is 19.4 Å². The molecule has 0 saturated carbocycles. The van der Waals surface area contributed by atoms with Crippen molar-refractivity contribution in [2.75, 3.05) is 40.4 Å². The molecule has 1 aromatic carbocycles. The number of amides is 1. The van der Waals surface area contributed by atoms with Gasteiger partial charge in [0.05, 0.1) is 12.0 Å². The smallest absolute Gasteiger partial charge is 0.224 e. The van der Waals surface area contributed by atoms with Gasteiger partial charge in [-0.1, -0.05) is 6.07 Å². The van der Waals surface area contributed by atoms with Crippen LogP contribution < -0.4 is 9.47 Å². The topological polar surface area (TPSA) is 62.2 Å². The van der Waals surface area contributed by atoms with E-state index < -0.39 is 5.60 Å². The lowest BCUT2D eigenvalue weighted by atomic mass is 9.89. The summed E-state index contributed by atoms with van der Waals surface area (Å²) in [5.41, 5.74) is 0.190. The summed E-state index contributed by atoms with van der Waals surface area (Å²) >= 11 is 0. The lowest BCUT2D eigenvalue weighted by Gasteiger charge is -2.39. The minimum absolute atomic E-state index is 0.0290. The van der Waals surface area contributed by atoms with Crippen molar-refractivity contribution in [3.8, 4) is 11.5 Å². The summed E-state index contributed by atoms with van der Waals surface area (Å²) in [5.74, 6) is 1.55. The molecule has 2 heterocycles. The Bertz CT molecular complexity index is 605.